The Hall–Kier alpha value is -0.100. The van der Waals surface area contributed by atoms with Crippen molar-refractivity contribution in [1.29, 1.82) is 0 Å². The first-order valence-corrected chi connectivity index (χ1v) is 8.01. The molecule has 3 nitrogen and oxygen atoms in total. The lowest BCUT2D eigenvalue weighted by Gasteiger charge is -2.39. The molecule has 1 aliphatic rings. The molecule has 2 rings (SSSR count). The quantitative estimate of drug-likeness (QED) is 0.828. The van der Waals surface area contributed by atoms with Crippen LogP contribution >= 0.6 is 23.1 Å². The topological polar surface area (TPSA) is 42.4 Å². The van der Waals surface area contributed by atoms with E-state index in [0.29, 0.717) is 13.2 Å². The minimum Gasteiger partial charge on any atom is -0.396 e. The highest BCUT2D eigenvalue weighted by Gasteiger charge is 2.37. The van der Waals surface area contributed by atoms with Crippen molar-refractivity contribution in [2.75, 3.05) is 25.6 Å². The molecule has 5 heteroatoms. The summed E-state index contributed by atoms with van der Waals surface area (Å²) in [7, 11) is 0. The molecule has 1 aromatic rings. The fourth-order valence-electron chi connectivity index (χ4n) is 1.73. The lowest BCUT2D eigenvalue weighted by atomic mass is 9.90. The van der Waals surface area contributed by atoms with E-state index < -0.39 is 0 Å². The third-order valence-electron chi connectivity index (χ3n) is 2.87. The molecule has 0 unspecified atom stereocenters. The largest absolute Gasteiger partial charge is 0.396 e. The van der Waals surface area contributed by atoms with Gasteiger partial charge in [0.15, 0.2) is 0 Å². The number of aryl methyl sites for hydroxylation is 1. The molecule has 0 spiro atoms. The van der Waals surface area contributed by atoms with E-state index in [1.54, 1.807) is 11.3 Å². The van der Waals surface area contributed by atoms with Crippen LogP contribution in [-0.4, -0.2) is 35.7 Å². The van der Waals surface area contributed by atoms with Gasteiger partial charge < -0.3 is 9.84 Å². The van der Waals surface area contributed by atoms with Crippen LogP contribution < -0.4 is 0 Å². The molecule has 0 amide bonds. The zero-order valence-corrected chi connectivity index (χ0v) is 11.8. The van der Waals surface area contributed by atoms with Gasteiger partial charge in [0.25, 0.3) is 0 Å². The van der Waals surface area contributed by atoms with Crippen LogP contribution in [0.15, 0.2) is 5.38 Å². The molecule has 1 N–H and O–H groups in total. The molecule has 0 atom stereocenters. The summed E-state index contributed by atoms with van der Waals surface area (Å²) in [6, 6.07) is 0. The normalized spacial score (nSPS) is 18.0. The minimum absolute atomic E-state index is 0.0208. The summed E-state index contributed by atoms with van der Waals surface area (Å²) in [4.78, 5) is 4.59. The van der Waals surface area contributed by atoms with Gasteiger partial charge in [0.2, 0.25) is 0 Å². The van der Waals surface area contributed by atoms with Crippen LogP contribution in [-0.2, 0) is 16.9 Å². The molecule has 0 bridgehead atoms. The molecule has 0 aromatic carbocycles. The van der Waals surface area contributed by atoms with Crippen molar-refractivity contribution in [3.05, 3.63) is 16.1 Å². The monoisotopic (exact) mass is 273 g/mol. The summed E-state index contributed by atoms with van der Waals surface area (Å²) in [6.07, 6.45) is 2.24. The summed E-state index contributed by atoms with van der Waals surface area (Å²) in [5.74, 6) is 1.91. The minimum atomic E-state index is 0.0208. The van der Waals surface area contributed by atoms with Crippen molar-refractivity contribution < 1.29 is 9.84 Å². The van der Waals surface area contributed by atoms with Crippen LogP contribution in [0.1, 0.15) is 24.0 Å². The van der Waals surface area contributed by atoms with Crippen LogP contribution in [0.4, 0.5) is 0 Å². The van der Waals surface area contributed by atoms with E-state index in [2.05, 4.69) is 17.3 Å². The van der Waals surface area contributed by atoms with Crippen molar-refractivity contribution in [1.82, 2.24) is 4.98 Å². The molecule has 1 saturated heterocycles. The van der Waals surface area contributed by atoms with Gasteiger partial charge in [-0.1, -0.05) is 6.92 Å². The first kappa shape index (κ1) is 13.3. The lowest BCUT2D eigenvalue weighted by molar-refractivity contribution is -0.121. The zero-order valence-electron chi connectivity index (χ0n) is 10.1. The van der Waals surface area contributed by atoms with Gasteiger partial charge in [-0.2, -0.15) is 11.8 Å². The maximum Gasteiger partial charge on any atom is 0.0928 e. The highest BCUT2D eigenvalue weighted by atomic mass is 32.2. The van der Waals surface area contributed by atoms with E-state index in [-0.39, 0.29) is 12.0 Å². The molecular weight excluding hydrogens is 254 g/mol. The molecule has 0 radical (unpaired) electrons. The van der Waals surface area contributed by atoms with Gasteiger partial charge in [-0.05, 0) is 12.8 Å². The predicted octanol–water partition coefficient (Wildman–Crippen LogP) is 2.34. The van der Waals surface area contributed by atoms with E-state index in [4.69, 9.17) is 4.74 Å². The molecule has 1 aromatic heterocycles. The van der Waals surface area contributed by atoms with Crippen molar-refractivity contribution in [3.63, 3.8) is 0 Å². The maximum atomic E-state index is 9.30. The first-order chi connectivity index (χ1) is 8.28. The number of aliphatic hydroxyl groups excluding tert-OH is 1. The first-order valence-electron chi connectivity index (χ1n) is 5.98. The second-order valence-electron chi connectivity index (χ2n) is 4.63. The number of thioether (sulfide) groups is 1. The predicted molar refractivity (Wildman–Crippen MR) is 72.6 cm³/mol. The Morgan fingerprint density at radius 2 is 2.41 bits per heavy atom. The van der Waals surface area contributed by atoms with Gasteiger partial charge in [0.1, 0.15) is 0 Å². The van der Waals surface area contributed by atoms with Crippen LogP contribution in [0.2, 0.25) is 0 Å². The van der Waals surface area contributed by atoms with E-state index >= 15 is 0 Å². The number of hydrogen-bond donors (Lipinski definition) is 1. The smallest absolute Gasteiger partial charge is 0.0928 e. The summed E-state index contributed by atoms with van der Waals surface area (Å²) in [5, 5.41) is 12.7. The zero-order chi connectivity index (χ0) is 12.1. The van der Waals surface area contributed by atoms with E-state index in [1.807, 2.05) is 11.8 Å². The molecule has 0 saturated carbocycles. The van der Waals surface area contributed by atoms with Crippen molar-refractivity contribution in [2.24, 2.45) is 5.41 Å². The number of ether oxygens (including phenoxy) is 1. The van der Waals surface area contributed by atoms with Crippen LogP contribution in [0, 0.1) is 5.41 Å². The van der Waals surface area contributed by atoms with Crippen molar-refractivity contribution >= 4 is 23.1 Å². The summed E-state index contributed by atoms with van der Waals surface area (Å²) < 4.78 is 5.18. The molecule has 17 heavy (non-hydrogen) atoms. The Bertz CT molecular complexity index is 345. The van der Waals surface area contributed by atoms with E-state index in [1.165, 1.54) is 10.7 Å². The number of aromatic nitrogens is 1. The van der Waals surface area contributed by atoms with Gasteiger partial charge in [-0.3, -0.25) is 0 Å². The van der Waals surface area contributed by atoms with Crippen LogP contribution in [0.25, 0.3) is 0 Å². The summed E-state index contributed by atoms with van der Waals surface area (Å²) in [6.45, 7) is 3.82. The number of rotatable bonds is 7. The highest BCUT2D eigenvalue weighted by molar-refractivity contribution is 7.98. The summed E-state index contributed by atoms with van der Waals surface area (Å²) in [5.41, 5.74) is 1.20. The van der Waals surface area contributed by atoms with Crippen LogP contribution in [0.3, 0.4) is 0 Å². The maximum absolute atomic E-state index is 9.30. The average molecular weight is 273 g/mol. The SMILES string of the molecule is CCCc1nc(CSCC2(CO)COC2)cs1. The highest BCUT2D eigenvalue weighted by Crippen LogP contribution is 2.32. The number of aliphatic hydroxyl groups is 1. The van der Waals surface area contributed by atoms with Gasteiger partial charge in [-0.15, -0.1) is 11.3 Å². The van der Waals surface area contributed by atoms with Gasteiger partial charge in [-0.25, -0.2) is 4.98 Å². The Morgan fingerprint density at radius 1 is 1.59 bits per heavy atom. The molecular formula is C12H19NO2S2. The summed E-state index contributed by atoms with van der Waals surface area (Å²) >= 11 is 3.61. The second kappa shape index (κ2) is 6.18. The average Bonchev–Trinajstić information content (AvgIpc) is 2.71. The van der Waals surface area contributed by atoms with Gasteiger partial charge in [0, 0.05) is 22.3 Å². The van der Waals surface area contributed by atoms with Crippen molar-refractivity contribution in [3.8, 4) is 0 Å². The second-order valence-corrected chi connectivity index (χ2v) is 6.55. The Labute approximate surface area is 111 Å². The van der Waals surface area contributed by atoms with E-state index in [0.717, 1.165) is 24.3 Å². The molecule has 1 fully saturated rings. The lowest BCUT2D eigenvalue weighted by Crippen LogP contribution is -2.47. The molecule has 0 aliphatic carbocycles. The standard InChI is InChI=1S/C12H19NO2S2/c1-2-3-11-13-10(5-17-11)4-16-9-12(6-14)7-15-8-12/h5,14H,2-4,6-9H2,1H3. The number of nitrogens with zero attached hydrogens (tertiary/aromatic N) is 1. The Balaban J connectivity index is 1.73. The Morgan fingerprint density at radius 3 is 3.00 bits per heavy atom. The fourth-order valence-corrected chi connectivity index (χ4v) is 3.88. The Kier molecular flexibility index (Phi) is 4.85. The fraction of sp³-hybridized carbons (Fsp3) is 0.750. The third kappa shape index (κ3) is 3.44. The van der Waals surface area contributed by atoms with Crippen molar-refractivity contribution in [2.45, 2.75) is 25.5 Å². The van der Waals surface area contributed by atoms with E-state index in [9.17, 15) is 5.11 Å². The van der Waals surface area contributed by atoms with Gasteiger partial charge >= 0.3 is 0 Å². The third-order valence-corrected chi connectivity index (χ3v) is 5.15. The van der Waals surface area contributed by atoms with Gasteiger partial charge in [0.05, 0.1) is 30.5 Å². The molecule has 2 heterocycles. The number of hydrogen-bond acceptors (Lipinski definition) is 5. The molecule has 96 valence electrons. The number of thiazole rings is 1. The van der Waals surface area contributed by atoms with Crippen LogP contribution in [0.5, 0.6) is 0 Å². The molecule has 1 aliphatic heterocycles.